The van der Waals surface area contributed by atoms with Crippen LogP contribution in [0.2, 0.25) is 0 Å². The second-order valence-corrected chi connectivity index (χ2v) is 17.4. The minimum Gasteiger partial charge on any atom is -0.462 e. The first-order valence-electron chi connectivity index (χ1n) is 25.7. The molecule has 1 atom stereocenters. The summed E-state index contributed by atoms with van der Waals surface area (Å²) in [4.78, 5) is 37.9. The Morgan fingerprint density at radius 1 is 0.328 bits per heavy atom. The fraction of sp³-hybridized carbons (Fsp3) is 0.904. The van der Waals surface area contributed by atoms with E-state index < -0.39 is 6.10 Å². The van der Waals surface area contributed by atoms with Crippen LogP contribution >= 0.6 is 0 Å². The zero-order chi connectivity index (χ0) is 42.3. The van der Waals surface area contributed by atoms with Crippen LogP contribution in [0, 0.1) is 0 Å². The van der Waals surface area contributed by atoms with Gasteiger partial charge in [-0.2, -0.15) is 0 Å². The van der Waals surface area contributed by atoms with Crippen LogP contribution in [0.5, 0.6) is 0 Å². The molecule has 0 aliphatic carbocycles. The minimum atomic E-state index is -0.766. The summed E-state index contributed by atoms with van der Waals surface area (Å²) in [6, 6.07) is 0. The molecule has 6 nitrogen and oxygen atoms in total. The fourth-order valence-corrected chi connectivity index (χ4v) is 7.61. The molecule has 0 aromatic rings. The van der Waals surface area contributed by atoms with Gasteiger partial charge in [0, 0.05) is 19.3 Å². The number of unbranched alkanes of at least 4 members (excludes halogenated alkanes) is 34. The van der Waals surface area contributed by atoms with Crippen LogP contribution in [0.25, 0.3) is 0 Å². The Bertz CT molecular complexity index is 900. The molecule has 0 fully saturated rings. The number of hydrogen-bond donors (Lipinski definition) is 0. The van der Waals surface area contributed by atoms with Gasteiger partial charge in [0.2, 0.25) is 0 Å². The zero-order valence-corrected chi connectivity index (χ0v) is 39.1. The number of hydrogen-bond acceptors (Lipinski definition) is 6. The van der Waals surface area contributed by atoms with E-state index in [9.17, 15) is 14.4 Å². The molecule has 6 heteroatoms. The molecule has 0 unspecified atom stereocenters. The van der Waals surface area contributed by atoms with Crippen LogP contribution in [0.1, 0.15) is 284 Å². The Kier molecular flexibility index (Phi) is 46.3. The number of carbonyl (C=O) groups excluding carboxylic acids is 3. The maximum Gasteiger partial charge on any atom is 0.306 e. The molecule has 58 heavy (non-hydrogen) atoms. The highest BCUT2D eigenvalue weighted by atomic mass is 16.6. The summed E-state index contributed by atoms with van der Waals surface area (Å²) in [5.74, 6) is -0.863. The minimum absolute atomic E-state index is 0.0682. The van der Waals surface area contributed by atoms with Crippen molar-refractivity contribution >= 4 is 17.9 Å². The highest BCUT2D eigenvalue weighted by Gasteiger charge is 2.19. The largest absolute Gasteiger partial charge is 0.462 e. The first-order valence-corrected chi connectivity index (χ1v) is 25.7. The van der Waals surface area contributed by atoms with Gasteiger partial charge in [-0.1, -0.05) is 232 Å². The van der Waals surface area contributed by atoms with Gasteiger partial charge < -0.3 is 14.2 Å². The van der Waals surface area contributed by atoms with Crippen molar-refractivity contribution in [3.63, 3.8) is 0 Å². The molecule has 0 radical (unpaired) electrons. The predicted molar refractivity (Wildman–Crippen MR) is 247 cm³/mol. The highest BCUT2D eigenvalue weighted by molar-refractivity contribution is 5.71. The summed E-state index contributed by atoms with van der Waals surface area (Å²) >= 11 is 0. The van der Waals surface area contributed by atoms with Crippen LogP contribution in [-0.2, 0) is 28.6 Å². The molecule has 0 heterocycles. The Hall–Kier alpha value is -1.85. The number of allylic oxidation sites excluding steroid dienone is 2. The summed E-state index contributed by atoms with van der Waals surface area (Å²) in [5.41, 5.74) is 0. The van der Waals surface area contributed by atoms with E-state index in [2.05, 4.69) is 32.9 Å². The van der Waals surface area contributed by atoms with E-state index in [0.717, 1.165) is 64.2 Å². The van der Waals surface area contributed by atoms with Crippen molar-refractivity contribution in [3.8, 4) is 0 Å². The maximum atomic E-state index is 12.8. The van der Waals surface area contributed by atoms with Crippen molar-refractivity contribution in [2.24, 2.45) is 0 Å². The topological polar surface area (TPSA) is 78.9 Å². The van der Waals surface area contributed by atoms with Gasteiger partial charge in [0.1, 0.15) is 13.2 Å². The summed E-state index contributed by atoms with van der Waals surface area (Å²) in [6.07, 6.45) is 51.9. The van der Waals surface area contributed by atoms with E-state index >= 15 is 0 Å². The number of carbonyl (C=O) groups is 3. The fourth-order valence-electron chi connectivity index (χ4n) is 7.61. The smallest absolute Gasteiger partial charge is 0.306 e. The molecule has 0 spiro atoms. The molecule has 0 N–H and O–H groups in total. The zero-order valence-electron chi connectivity index (χ0n) is 39.1. The van der Waals surface area contributed by atoms with Gasteiger partial charge in [0.25, 0.3) is 0 Å². The molecule has 0 saturated heterocycles. The molecular weight excluding hydrogens is 721 g/mol. The summed E-state index contributed by atoms with van der Waals surface area (Å²) < 4.78 is 16.8. The van der Waals surface area contributed by atoms with Crippen molar-refractivity contribution < 1.29 is 28.6 Å². The number of esters is 3. The highest BCUT2D eigenvalue weighted by Crippen LogP contribution is 2.16. The first kappa shape index (κ1) is 56.1. The molecular formula is C52H98O6. The summed E-state index contributed by atoms with van der Waals surface area (Å²) in [5, 5.41) is 0. The summed E-state index contributed by atoms with van der Waals surface area (Å²) in [6.45, 7) is 6.64. The standard InChI is InChI=1S/C52H98O6/c1-4-7-10-13-16-19-22-24-26-27-29-30-33-36-39-42-45-51(54)57-48-49(47-56-50(53)44-41-38-35-32-21-18-15-12-9-6-3)58-52(55)46-43-40-37-34-31-28-25-23-20-17-14-11-8-5-2/h23,25,49H,4-22,24,26-48H2,1-3H3/b25-23-/t49-/m1/s1. The van der Waals surface area contributed by atoms with Crippen LogP contribution in [-0.4, -0.2) is 37.2 Å². The lowest BCUT2D eigenvalue weighted by molar-refractivity contribution is -0.167. The Morgan fingerprint density at radius 3 is 0.862 bits per heavy atom. The molecule has 0 bridgehead atoms. The van der Waals surface area contributed by atoms with Crippen LogP contribution < -0.4 is 0 Å². The third kappa shape index (κ3) is 45.2. The SMILES string of the molecule is CCCCCCC/C=C\CCCCCCCC(=O)O[C@H](COC(=O)CCCCCCCCCCCC)COC(=O)CCCCCCCCCCCCCCCCCC. The average molecular weight is 819 g/mol. The molecule has 0 amide bonds. The third-order valence-corrected chi connectivity index (χ3v) is 11.5. The van der Waals surface area contributed by atoms with E-state index in [1.54, 1.807) is 0 Å². The summed E-state index contributed by atoms with van der Waals surface area (Å²) in [7, 11) is 0. The van der Waals surface area contributed by atoms with E-state index in [0.29, 0.717) is 19.3 Å². The second-order valence-electron chi connectivity index (χ2n) is 17.4. The van der Waals surface area contributed by atoms with E-state index in [1.807, 2.05) is 0 Å². The van der Waals surface area contributed by atoms with Crippen LogP contribution in [0.3, 0.4) is 0 Å². The number of rotatable bonds is 47. The molecule has 0 aliphatic heterocycles. The van der Waals surface area contributed by atoms with Crippen molar-refractivity contribution in [1.29, 1.82) is 0 Å². The third-order valence-electron chi connectivity index (χ3n) is 11.5. The van der Waals surface area contributed by atoms with Crippen molar-refractivity contribution in [2.45, 2.75) is 290 Å². The van der Waals surface area contributed by atoms with Crippen molar-refractivity contribution in [1.82, 2.24) is 0 Å². The van der Waals surface area contributed by atoms with Gasteiger partial charge in [-0.05, 0) is 44.9 Å². The van der Waals surface area contributed by atoms with Crippen molar-refractivity contribution in [2.75, 3.05) is 13.2 Å². The molecule has 342 valence electrons. The quantitative estimate of drug-likeness (QED) is 0.0263. The second kappa shape index (κ2) is 47.8. The first-order chi connectivity index (χ1) is 28.5. The lowest BCUT2D eigenvalue weighted by Crippen LogP contribution is -2.30. The molecule has 0 saturated carbocycles. The van der Waals surface area contributed by atoms with E-state index in [-0.39, 0.29) is 31.1 Å². The molecule has 0 aliphatic rings. The van der Waals surface area contributed by atoms with Crippen molar-refractivity contribution in [3.05, 3.63) is 12.2 Å². The van der Waals surface area contributed by atoms with Gasteiger partial charge in [-0.15, -0.1) is 0 Å². The predicted octanol–water partition coefficient (Wildman–Crippen LogP) is 16.6. The van der Waals surface area contributed by atoms with E-state index in [1.165, 1.54) is 180 Å². The van der Waals surface area contributed by atoms with Gasteiger partial charge in [0.15, 0.2) is 6.10 Å². The normalized spacial score (nSPS) is 12.0. The van der Waals surface area contributed by atoms with Gasteiger partial charge in [-0.3, -0.25) is 14.4 Å². The van der Waals surface area contributed by atoms with Crippen LogP contribution in [0.15, 0.2) is 12.2 Å². The van der Waals surface area contributed by atoms with Gasteiger partial charge >= 0.3 is 17.9 Å². The Balaban J connectivity index is 4.30. The lowest BCUT2D eigenvalue weighted by atomic mass is 10.0. The Labute approximate surface area is 360 Å². The number of ether oxygens (including phenoxy) is 3. The van der Waals surface area contributed by atoms with Gasteiger partial charge in [-0.25, -0.2) is 0 Å². The molecule has 0 aromatic carbocycles. The average Bonchev–Trinajstić information content (AvgIpc) is 3.22. The van der Waals surface area contributed by atoms with E-state index in [4.69, 9.17) is 14.2 Å². The van der Waals surface area contributed by atoms with Crippen LogP contribution in [0.4, 0.5) is 0 Å². The molecule has 0 aromatic heterocycles. The Morgan fingerprint density at radius 2 is 0.569 bits per heavy atom. The lowest BCUT2D eigenvalue weighted by Gasteiger charge is -2.18. The maximum absolute atomic E-state index is 12.8. The molecule has 0 rings (SSSR count). The monoisotopic (exact) mass is 819 g/mol. The van der Waals surface area contributed by atoms with Gasteiger partial charge in [0.05, 0.1) is 0 Å².